The van der Waals surface area contributed by atoms with E-state index in [1.807, 2.05) is 73.4 Å². The molecule has 26 heteroatoms. The molecule has 4 radical (unpaired) electrons. The molecule has 416 valence electrons. The van der Waals surface area contributed by atoms with Crippen LogP contribution in [0.25, 0.3) is 21.6 Å². The summed E-state index contributed by atoms with van der Waals surface area (Å²) in [7, 11) is 0. The molecule has 76 heavy (non-hydrogen) atoms. The van der Waals surface area contributed by atoms with Crippen LogP contribution >= 0.6 is 48.9 Å². The molecule has 0 bridgehead atoms. The third-order valence-corrected chi connectivity index (χ3v) is 8.72. The molecule has 0 fully saturated rings. The summed E-state index contributed by atoms with van der Waals surface area (Å²) in [5, 5.41) is 47.6. The van der Waals surface area contributed by atoms with Crippen LogP contribution in [0.4, 0.5) is 0 Å². The van der Waals surface area contributed by atoms with E-state index < -0.39 is 0 Å². The van der Waals surface area contributed by atoms with Crippen LogP contribution in [0.2, 0.25) is 0 Å². The van der Waals surface area contributed by atoms with Gasteiger partial charge in [0, 0.05) is 77.2 Å². The van der Waals surface area contributed by atoms with Gasteiger partial charge in [-0.3, -0.25) is 29.9 Å². The van der Waals surface area contributed by atoms with E-state index in [0.717, 1.165) is 150 Å². The van der Waals surface area contributed by atoms with Crippen LogP contribution in [0.3, 0.4) is 0 Å². The van der Waals surface area contributed by atoms with Crippen LogP contribution in [0.5, 0.6) is 0 Å². The number of thiocarbonyl (C=S) groups is 4. The van der Waals surface area contributed by atoms with E-state index >= 15 is 0 Å². The molecule has 18 nitrogen and oxygen atoms in total. The van der Waals surface area contributed by atoms with Crippen molar-refractivity contribution in [3.63, 3.8) is 0 Å². The monoisotopic (exact) mass is 1290 g/mol. The topological polar surface area (TPSA) is 269 Å². The van der Waals surface area contributed by atoms with Gasteiger partial charge in [-0.2, -0.15) is 45.4 Å². The van der Waals surface area contributed by atoms with Gasteiger partial charge in [0.15, 0.2) is 0 Å². The summed E-state index contributed by atoms with van der Waals surface area (Å²) >= 11 is 14.8. The molecule has 0 unspecified atom stereocenters. The van der Waals surface area contributed by atoms with Crippen LogP contribution in [0, 0.1) is 0 Å². The van der Waals surface area contributed by atoms with Gasteiger partial charge in [-0.25, -0.2) is 0 Å². The number of hydrogen-bond acceptors (Lipinski definition) is 14. The number of hydrogen-bond donors (Lipinski definition) is 4. The molecular weight excluding hydrogens is 1240 g/mol. The van der Waals surface area contributed by atoms with Crippen LogP contribution in [0.1, 0.15) is 71.2 Å². The van der Waals surface area contributed by atoms with E-state index in [2.05, 4.69) is 146 Å². The van der Waals surface area contributed by atoms with Crippen molar-refractivity contribution in [3.8, 4) is 0 Å². The zero-order valence-electron chi connectivity index (χ0n) is 41.1. The van der Waals surface area contributed by atoms with Crippen molar-refractivity contribution in [2.45, 2.75) is 51.9 Å². The van der Waals surface area contributed by atoms with Gasteiger partial charge in [0.1, 0.15) is 0 Å². The van der Waals surface area contributed by atoms with Crippen molar-refractivity contribution >= 4 is 94.4 Å². The second kappa shape index (κ2) is 59.5. The minimum Gasteiger partial charge on any atom is -0.753 e. The Bertz CT molecular complexity index is 2130. The maximum absolute atomic E-state index is 7.13. The van der Waals surface area contributed by atoms with Crippen LogP contribution < -0.4 is 41.2 Å². The summed E-state index contributed by atoms with van der Waals surface area (Å²) in [6.07, 6.45) is 18.4. The van der Waals surface area contributed by atoms with Crippen LogP contribution in [-0.4, -0.2) is 108 Å². The largest absolute Gasteiger partial charge is 2.00 e. The first-order valence-electron chi connectivity index (χ1n) is 22.5. The molecule has 0 aromatic carbocycles. The number of rotatable bonds is 28. The van der Waals surface area contributed by atoms with Crippen LogP contribution in [0.15, 0.2) is 130 Å². The van der Waals surface area contributed by atoms with E-state index in [1.54, 1.807) is 24.8 Å². The predicted octanol–water partition coefficient (Wildman–Crippen LogP) is 7.01. The van der Waals surface area contributed by atoms with Crippen molar-refractivity contribution in [1.82, 2.24) is 51.2 Å². The molecular formula is C50H58Cu4N18S4. The van der Waals surface area contributed by atoms with Gasteiger partial charge < -0.3 is 62.8 Å². The quantitative estimate of drug-likeness (QED) is 0.0167. The van der Waals surface area contributed by atoms with Gasteiger partial charge in [-0.15, -0.1) is 22.8 Å². The molecule has 0 amide bonds. The molecule has 6 rings (SSSR count). The van der Waals surface area contributed by atoms with Gasteiger partial charge in [-0.1, -0.05) is 110 Å². The van der Waals surface area contributed by atoms with Crippen molar-refractivity contribution in [1.29, 1.82) is 0 Å². The number of aromatic nitrogens is 6. The fourth-order valence-corrected chi connectivity index (χ4v) is 5.69. The number of nitrogens with zero attached hydrogens (tertiary/aromatic N) is 14. The molecule has 4 N–H and O–H groups in total. The molecule has 6 heterocycles. The second-order valence-corrected chi connectivity index (χ2v) is 14.8. The Balaban J connectivity index is -0.000000540. The molecule has 0 aliphatic heterocycles. The normalized spacial score (nSPS) is 9.68. The third kappa shape index (κ3) is 46.5. The maximum atomic E-state index is 7.13. The summed E-state index contributed by atoms with van der Waals surface area (Å²) < 4.78 is 0. The predicted molar refractivity (Wildman–Crippen MR) is 306 cm³/mol. The summed E-state index contributed by atoms with van der Waals surface area (Å²) in [6, 6.07) is 27.8. The summed E-state index contributed by atoms with van der Waals surface area (Å²) in [5.74, 6) is 0. The average Bonchev–Trinajstić information content (AvgIpc) is 4.26. The summed E-state index contributed by atoms with van der Waals surface area (Å²) in [6.45, 7) is 9.92. The van der Waals surface area contributed by atoms with Crippen LogP contribution in [-0.2, 0) is 94.5 Å². The van der Waals surface area contributed by atoms with Crippen molar-refractivity contribution in [2.24, 2.45) is 20.0 Å². The molecule has 0 aliphatic rings. The summed E-state index contributed by atoms with van der Waals surface area (Å²) in [4.78, 5) is 43.6. The minimum atomic E-state index is 0. The average molecular weight is 1290 g/mol. The number of aliphatic imine (C=N–C) groups is 4. The molecule has 6 aromatic rings. The molecule has 0 saturated heterocycles. The molecule has 6 aromatic heterocycles. The maximum Gasteiger partial charge on any atom is 2.00 e. The fraction of sp³-hybridized carbons (Fsp3) is 0.320. The van der Waals surface area contributed by atoms with Gasteiger partial charge in [0.2, 0.25) is 0 Å². The number of nitrogens with one attached hydrogen (secondary N) is 4. The first-order valence-corrected chi connectivity index (χ1v) is 24.2. The standard InChI is InChI=1S/2C23H29N7.4CNS.4Cu/c2*1-6-22(18-26-12-4-10-24-16-20-8-2-14-28-20)30-23(7-1)19-27-13-5-11-25-17-21-9-3-15-29-21;4*2-1-3;;;;/h2*1-3,6-9,14-17,26-27H,4-5,10-13,18-19H2;;;;;;;;/q2*-2;4*-1;4*+2. The Kier molecular flexibility index (Phi) is 60.8. The third-order valence-electron chi connectivity index (χ3n) is 8.72. The number of pyridine rings is 2. The van der Waals surface area contributed by atoms with Crippen molar-refractivity contribution in [3.05, 3.63) is 177 Å². The Labute approximate surface area is 510 Å². The molecule has 0 spiro atoms. The SMILES string of the molecule is C(=NCCCNCc1cccc(CNCCCN=Cc2ccc[n-]2)n1)c1ccc[n-]1.C(=NCCCNCc1cccc(CNCCCN=Cc2ccc[n-]2)n1)c1ccc[n-]1.[Cu+2].[Cu+2].[Cu+2].[Cu+2].[N-]=C=S.[N-]=C=S.[N-]=C=S.[N-]=C=S. The van der Waals surface area contributed by atoms with Crippen molar-refractivity contribution < 1.29 is 68.3 Å². The van der Waals surface area contributed by atoms with E-state index in [1.165, 1.54) is 20.6 Å². The molecule has 0 atom stereocenters. The van der Waals surface area contributed by atoms with E-state index in [4.69, 9.17) is 31.6 Å². The zero-order chi connectivity index (χ0) is 52.2. The molecule has 0 saturated carbocycles. The smallest absolute Gasteiger partial charge is 0.753 e. The minimum absolute atomic E-state index is 0. The molecule has 0 aliphatic carbocycles. The number of isothiocyanates is 4. The van der Waals surface area contributed by atoms with E-state index in [-0.39, 0.29) is 68.3 Å². The second-order valence-electron chi connectivity index (χ2n) is 14.1. The first kappa shape index (κ1) is 77.7. The van der Waals surface area contributed by atoms with Gasteiger partial charge in [-0.05, 0) is 76.1 Å². The summed E-state index contributed by atoms with van der Waals surface area (Å²) in [5.41, 5.74) is 7.91. The first-order chi connectivity index (χ1) is 35.5. The van der Waals surface area contributed by atoms with Gasteiger partial charge in [0.05, 0.1) is 22.8 Å². The van der Waals surface area contributed by atoms with Gasteiger partial charge in [0.25, 0.3) is 0 Å². The Morgan fingerprint density at radius 2 is 0.592 bits per heavy atom. The Hall–Kier alpha value is -4.78. The Morgan fingerprint density at radius 1 is 0.382 bits per heavy atom. The van der Waals surface area contributed by atoms with Gasteiger partial charge >= 0.3 is 68.3 Å². The van der Waals surface area contributed by atoms with E-state index in [9.17, 15) is 0 Å². The van der Waals surface area contributed by atoms with E-state index in [0.29, 0.717) is 0 Å². The Morgan fingerprint density at radius 3 is 0.776 bits per heavy atom. The zero-order valence-corrected chi connectivity index (χ0v) is 48.1. The van der Waals surface area contributed by atoms with Crippen molar-refractivity contribution in [2.75, 3.05) is 52.4 Å². The fourth-order valence-electron chi connectivity index (χ4n) is 5.69.